The number of pyridine rings is 1. The van der Waals surface area contributed by atoms with Crippen molar-refractivity contribution in [3.63, 3.8) is 0 Å². The summed E-state index contributed by atoms with van der Waals surface area (Å²) >= 11 is 0. The van der Waals surface area contributed by atoms with E-state index in [-0.39, 0.29) is 0 Å². The van der Waals surface area contributed by atoms with Crippen LogP contribution in [0.15, 0.2) is 42.5 Å². The van der Waals surface area contributed by atoms with Gasteiger partial charge >= 0.3 is 0 Å². The Kier molecular flexibility index (Phi) is 5.72. The molecule has 1 aliphatic heterocycles. The molecular formula is C25H32N4. The number of anilines is 3. The predicted molar refractivity (Wildman–Crippen MR) is 125 cm³/mol. The molecule has 3 aromatic rings. The zero-order chi connectivity index (χ0) is 20.4. The van der Waals surface area contributed by atoms with Gasteiger partial charge in [0.25, 0.3) is 0 Å². The van der Waals surface area contributed by atoms with Crippen LogP contribution in [-0.4, -0.2) is 43.1 Å². The van der Waals surface area contributed by atoms with Gasteiger partial charge in [-0.3, -0.25) is 4.98 Å². The van der Waals surface area contributed by atoms with E-state index in [1.54, 1.807) is 0 Å². The summed E-state index contributed by atoms with van der Waals surface area (Å²) in [7, 11) is 2.21. The van der Waals surface area contributed by atoms with Crippen LogP contribution in [0.3, 0.4) is 0 Å². The van der Waals surface area contributed by atoms with Crippen LogP contribution >= 0.6 is 0 Å². The Morgan fingerprint density at radius 1 is 0.966 bits per heavy atom. The third-order valence-electron chi connectivity index (χ3n) is 6.10. The second-order valence-corrected chi connectivity index (χ2v) is 8.19. The summed E-state index contributed by atoms with van der Waals surface area (Å²) in [6.07, 6.45) is 2.18. The molecule has 0 aliphatic carbocycles. The van der Waals surface area contributed by atoms with Crippen LogP contribution in [0.5, 0.6) is 0 Å². The molecule has 1 saturated heterocycles. The average Bonchev–Trinajstić information content (AvgIpc) is 2.94. The Bertz CT molecular complexity index is 994. The molecule has 1 N–H and O–H groups in total. The van der Waals surface area contributed by atoms with E-state index in [1.807, 2.05) is 0 Å². The highest BCUT2D eigenvalue weighted by atomic mass is 15.2. The SMILES string of the molecule is CCc1c(C)nc2c(C)cccc2c1Nc1ccc(N2CCCN(C)CC2)cc1. The molecule has 29 heavy (non-hydrogen) atoms. The summed E-state index contributed by atoms with van der Waals surface area (Å²) in [5.74, 6) is 0. The zero-order valence-electron chi connectivity index (χ0n) is 18.1. The molecule has 1 aliphatic rings. The highest BCUT2D eigenvalue weighted by Crippen LogP contribution is 2.33. The van der Waals surface area contributed by atoms with Gasteiger partial charge in [0.2, 0.25) is 0 Å². The van der Waals surface area contributed by atoms with Gasteiger partial charge in [-0.25, -0.2) is 0 Å². The molecule has 1 fully saturated rings. The van der Waals surface area contributed by atoms with Crippen molar-refractivity contribution in [1.29, 1.82) is 0 Å². The first kappa shape index (κ1) is 19.7. The summed E-state index contributed by atoms with van der Waals surface area (Å²) in [5, 5.41) is 4.92. The van der Waals surface area contributed by atoms with E-state index in [1.165, 1.54) is 40.9 Å². The summed E-state index contributed by atoms with van der Waals surface area (Å²) in [6, 6.07) is 15.4. The van der Waals surface area contributed by atoms with Crippen LogP contribution < -0.4 is 10.2 Å². The lowest BCUT2D eigenvalue weighted by molar-refractivity contribution is 0.360. The van der Waals surface area contributed by atoms with E-state index in [0.717, 1.165) is 43.0 Å². The van der Waals surface area contributed by atoms with E-state index in [2.05, 4.69) is 85.4 Å². The van der Waals surface area contributed by atoms with Crippen molar-refractivity contribution in [2.45, 2.75) is 33.6 Å². The number of aromatic nitrogens is 1. The molecule has 1 aromatic heterocycles. The number of likely N-dealkylation sites (N-methyl/N-ethyl adjacent to an activating group) is 1. The number of rotatable bonds is 4. The normalized spacial score (nSPS) is 15.5. The lowest BCUT2D eigenvalue weighted by Crippen LogP contribution is -2.28. The smallest absolute Gasteiger partial charge is 0.0755 e. The zero-order valence-corrected chi connectivity index (χ0v) is 18.1. The summed E-state index contributed by atoms with van der Waals surface area (Å²) < 4.78 is 0. The largest absolute Gasteiger partial charge is 0.370 e. The maximum absolute atomic E-state index is 4.89. The maximum Gasteiger partial charge on any atom is 0.0755 e. The molecule has 0 unspecified atom stereocenters. The van der Waals surface area contributed by atoms with Gasteiger partial charge in [-0.15, -0.1) is 0 Å². The van der Waals surface area contributed by atoms with Gasteiger partial charge in [0.1, 0.15) is 0 Å². The second-order valence-electron chi connectivity index (χ2n) is 8.19. The fourth-order valence-corrected chi connectivity index (χ4v) is 4.37. The molecule has 152 valence electrons. The first-order chi connectivity index (χ1) is 14.1. The third kappa shape index (κ3) is 4.08. The van der Waals surface area contributed by atoms with Gasteiger partial charge in [0.15, 0.2) is 0 Å². The number of nitrogens with one attached hydrogen (secondary N) is 1. The fourth-order valence-electron chi connectivity index (χ4n) is 4.37. The summed E-state index contributed by atoms with van der Waals surface area (Å²) in [6.45, 7) is 11.0. The molecule has 0 spiro atoms. The Labute approximate surface area is 174 Å². The van der Waals surface area contributed by atoms with Crippen LogP contribution in [0.2, 0.25) is 0 Å². The van der Waals surface area contributed by atoms with Crippen LogP contribution in [0, 0.1) is 13.8 Å². The van der Waals surface area contributed by atoms with Crippen LogP contribution in [-0.2, 0) is 6.42 Å². The predicted octanol–water partition coefficient (Wildman–Crippen LogP) is 5.30. The molecule has 4 rings (SSSR count). The molecule has 0 atom stereocenters. The van der Waals surface area contributed by atoms with Crippen molar-refractivity contribution >= 4 is 28.0 Å². The highest BCUT2D eigenvalue weighted by Gasteiger charge is 2.15. The number of para-hydroxylation sites is 1. The minimum Gasteiger partial charge on any atom is -0.370 e. The second kappa shape index (κ2) is 8.42. The van der Waals surface area contributed by atoms with Crippen molar-refractivity contribution in [3.8, 4) is 0 Å². The monoisotopic (exact) mass is 388 g/mol. The van der Waals surface area contributed by atoms with Gasteiger partial charge < -0.3 is 15.1 Å². The van der Waals surface area contributed by atoms with E-state index in [4.69, 9.17) is 4.98 Å². The first-order valence-electron chi connectivity index (χ1n) is 10.8. The Morgan fingerprint density at radius 3 is 2.52 bits per heavy atom. The highest BCUT2D eigenvalue weighted by molar-refractivity contribution is 5.96. The van der Waals surface area contributed by atoms with Crippen LogP contribution in [0.25, 0.3) is 10.9 Å². The fraction of sp³-hybridized carbons (Fsp3) is 0.400. The van der Waals surface area contributed by atoms with Crippen molar-refractivity contribution in [2.75, 3.05) is 43.4 Å². The number of benzene rings is 2. The van der Waals surface area contributed by atoms with Crippen molar-refractivity contribution in [3.05, 3.63) is 59.3 Å². The molecule has 0 amide bonds. The number of nitrogens with zero attached hydrogens (tertiary/aromatic N) is 3. The van der Waals surface area contributed by atoms with E-state index < -0.39 is 0 Å². The molecule has 0 saturated carbocycles. The van der Waals surface area contributed by atoms with E-state index in [0.29, 0.717) is 0 Å². The quantitative estimate of drug-likeness (QED) is 0.657. The van der Waals surface area contributed by atoms with Crippen molar-refractivity contribution < 1.29 is 0 Å². The Hall–Kier alpha value is -2.59. The molecule has 0 bridgehead atoms. The van der Waals surface area contributed by atoms with Crippen molar-refractivity contribution in [2.24, 2.45) is 0 Å². The number of aryl methyl sites for hydroxylation is 2. The molecule has 0 radical (unpaired) electrons. The van der Waals surface area contributed by atoms with Crippen LogP contribution in [0.4, 0.5) is 17.1 Å². The topological polar surface area (TPSA) is 31.4 Å². The van der Waals surface area contributed by atoms with Gasteiger partial charge in [0, 0.05) is 42.1 Å². The minimum atomic E-state index is 0.963. The third-order valence-corrected chi connectivity index (χ3v) is 6.10. The molecule has 4 heteroatoms. The molecule has 4 nitrogen and oxygen atoms in total. The first-order valence-corrected chi connectivity index (χ1v) is 10.8. The lowest BCUT2D eigenvalue weighted by atomic mass is 10.0. The number of hydrogen-bond acceptors (Lipinski definition) is 4. The minimum absolute atomic E-state index is 0.963. The van der Waals surface area contributed by atoms with Gasteiger partial charge in [-0.05, 0) is 75.7 Å². The molecular weight excluding hydrogens is 356 g/mol. The standard InChI is InChI=1S/C25H32N4/c1-5-22-19(3)26-24-18(2)8-6-9-23(24)25(22)27-20-10-12-21(13-11-20)29-15-7-14-28(4)16-17-29/h6,8-13H,5,7,14-17H2,1-4H3,(H,26,27). The van der Waals surface area contributed by atoms with Gasteiger partial charge in [0.05, 0.1) is 11.2 Å². The van der Waals surface area contributed by atoms with E-state index >= 15 is 0 Å². The molecule has 2 aromatic carbocycles. The van der Waals surface area contributed by atoms with Gasteiger partial charge in [-0.2, -0.15) is 0 Å². The number of hydrogen-bond donors (Lipinski definition) is 1. The average molecular weight is 389 g/mol. The summed E-state index contributed by atoms with van der Waals surface area (Å²) in [4.78, 5) is 9.81. The lowest BCUT2D eigenvalue weighted by Gasteiger charge is -2.23. The van der Waals surface area contributed by atoms with Crippen LogP contribution in [0.1, 0.15) is 30.2 Å². The Balaban J connectivity index is 1.64. The Morgan fingerprint density at radius 2 is 1.76 bits per heavy atom. The van der Waals surface area contributed by atoms with Gasteiger partial charge in [-0.1, -0.05) is 25.1 Å². The molecule has 2 heterocycles. The summed E-state index contributed by atoms with van der Waals surface area (Å²) in [5.41, 5.74) is 8.36. The maximum atomic E-state index is 4.89. The van der Waals surface area contributed by atoms with Crippen molar-refractivity contribution in [1.82, 2.24) is 9.88 Å². The number of fused-ring (bicyclic) bond motifs is 1. The van der Waals surface area contributed by atoms with E-state index in [9.17, 15) is 0 Å².